The third kappa shape index (κ3) is 1.31. The second kappa shape index (κ2) is 2.94. The van der Waals surface area contributed by atoms with Crippen LogP contribution in [0.4, 0.5) is 5.95 Å². The Morgan fingerprint density at radius 2 is 2.42 bits per heavy atom. The van der Waals surface area contributed by atoms with Gasteiger partial charge in [-0.15, -0.1) is 11.3 Å². The summed E-state index contributed by atoms with van der Waals surface area (Å²) in [5.41, 5.74) is 8.41. The first-order chi connectivity index (χ1) is 5.86. The molecule has 0 atom stereocenters. The standard InChI is InChI=1S/C7H8N4S/c8-7-9-1-2-11(7)3-6-4-12-5-10-6/h1-2,4-5H,3H2,(H2,8,9). The first-order valence-corrected chi connectivity index (χ1v) is 4.44. The van der Waals surface area contributed by atoms with Gasteiger partial charge in [-0.1, -0.05) is 0 Å². The predicted molar refractivity (Wildman–Crippen MR) is 47.9 cm³/mol. The summed E-state index contributed by atoms with van der Waals surface area (Å²) in [5, 5.41) is 2.00. The molecule has 2 aromatic rings. The average molecular weight is 180 g/mol. The van der Waals surface area contributed by atoms with E-state index in [-0.39, 0.29) is 0 Å². The van der Waals surface area contributed by atoms with Gasteiger partial charge >= 0.3 is 0 Å². The van der Waals surface area contributed by atoms with E-state index in [4.69, 9.17) is 5.73 Å². The third-order valence-corrected chi connectivity index (χ3v) is 2.20. The van der Waals surface area contributed by atoms with Crippen molar-refractivity contribution < 1.29 is 0 Å². The maximum atomic E-state index is 5.58. The number of thiazole rings is 1. The number of nitrogens with two attached hydrogens (primary N) is 1. The maximum Gasteiger partial charge on any atom is 0.200 e. The van der Waals surface area contributed by atoms with Gasteiger partial charge < -0.3 is 10.3 Å². The minimum absolute atomic E-state index is 0.531. The van der Waals surface area contributed by atoms with Crippen LogP contribution in [0.25, 0.3) is 0 Å². The molecule has 0 aliphatic carbocycles. The van der Waals surface area contributed by atoms with Gasteiger partial charge in [-0.05, 0) is 0 Å². The van der Waals surface area contributed by atoms with Crippen molar-refractivity contribution in [3.63, 3.8) is 0 Å². The minimum Gasteiger partial charge on any atom is -0.369 e. The van der Waals surface area contributed by atoms with E-state index < -0.39 is 0 Å². The van der Waals surface area contributed by atoms with Gasteiger partial charge in [0, 0.05) is 17.8 Å². The lowest BCUT2D eigenvalue weighted by atomic mass is 10.5. The van der Waals surface area contributed by atoms with Crippen LogP contribution >= 0.6 is 11.3 Å². The Labute approximate surface area is 73.7 Å². The fourth-order valence-corrected chi connectivity index (χ4v) is 1.51. The second-order valence-corrected chi connectivity index (χ2v) is 3.11. The SMILES string of the molecule is Nc1nccn1Cc1cscn1. The van der Waals surface area contributed by atoms with E-state index in [2.05, 4.69) is 9.97 Å². The monoisotopic (exact) mass is 180 g/mol. The highest BCUT2D eigenvalue weighted by Crippen LogP contribution is 2.06. The van der Waals surface area contributed by atoms with Crippen molar-refractivity contribution in [2.75, 3.05) is 5.73 Å². The maximum absolute atomic E-state index is 5.58. The third-order valence-electron chi connectivity index (χ3n) is 1.56. The highest BCUT2D eigenvalue weighted by atomic mass is 32.1. The van der Waals surface area contributed by atoms with Crippen molar-refractivity contribution >= 4 is 17.3 Å². The molecule has 0 unspecified atom stereocenters. The number of nitrogen functional groups attached to an aromatic ring is 1. The van der Waals surface area contributed by atoms with E-state index in [0.29, 0.717) is 12.5 Å². The predicted octanol–water partition coefficient (Wildman–Crippen LogP) is 0.970. The summed E-state index contributed by atoms with van der Waals surface area (Å²) in [7, 11) is 0. The molecule has 2 N–H and O–H groups in total. The molecule has 0 saturated heterocycles. The number of hydrogen-bond acceptors (Lipinski definition) is 4. The van der Waals surface area contributed by atoms with Crippen LogP contribution in [0.1, 0.15) is 5.69 Å². The lowest BCUT2D eigenvalue weighted by molar-refractivity contribution is 0.791. The minimum atomic E-state index is 0.531. The van der Waals surface area contributed by atoms with E-state index in [9.17, 15) is 0 Å². The molecule has 0 aliphatic heterocycles. The highest BCUT2D eigenvalue weighted by molar-refractivity contribution is 7.07. The molecule has 2 rings (SSSR count). The smallest absolute Gasteiger partial charge is 0.200 e. The molecule has 2 aromatic heterocycles. The molecule has 0 aliphatic rings. The van der Waals surface area contributed by atoms with Gasteiger partial charge in [-0.25, -0.2) is 9.97 Å². The van der Waals surface area contributed by atoms with E-state index in [1.807, 2.05) is 21.7 Å². The van der Waals surface area contributed by atoms with Crippen molar-refractivity contribution in [1.82, 2.24) is 14.5 Å². The van der Waals surface area contributed by atoms with Crippen LogP contribution in [0.2, 0.25) is 0 Å². The Morgan fingerprint density at radius 1 is 1.50 bits per heavy atom. The van der Waals surface area contributed by atoms with Gasteiger partial charge in [-0.3, -0.25) is 0 Å². The summed E-state index contributed by atoms with van der Waals surface area (Å²) in [6.45, 7) is 0.704. The summed E-state index contributed by atoms with van der Waals surface area (Å²) in [5.74, 6) is 0.531. The molecule has 2 heterocycles. The molecule has 0 radical (unpaired) electrons. The molecule has 0 spiro atoms. The number of nitrogens with zero attached hydrogens (tertiary/aromatic N) is 3. The number of hydrogen-bond donors (Lipinski definition) is 1. The number of rotatable bonds is 2. The van der Waals surface area contributed by atoms with Crippen LogP contribution in [-0.2, 0) is 6.54 Å². The highest BCUT2D eigenvalue weighted by Gasteiger charge is 1.99. The molecule has 0 fully saturated rings. The molecule has 0 amide bonds. The summed E-state index contributed by atoms with van der Waals surface area (Å²) in [6, 6.07) is 0. The van der Waals surface area contributed by atoms with Crippen molar-refractivity contribution in [1.29, 1.82) is 0 Å². The quantitative estimate of drug-likeness (QED) is 0.749. The normalized spacial score (nSPS) is 10.3. The van der Waals surface area contributed by atoms with Gasteiger partial charge in [-0.2, -0.15) is 0 Å². The molecular formula is C7H8N4S. The van der Waals surface area contributed by atoms with E-state index in [0.717, 1.165) is 5.69 Å². The largest absolute Gasteiger partial charge is 0.369 e. The van der Waals surface area contributed by atoms with E-state index >= 15 is 0 Å². The van der Waals surface area contributed by atoms with Crippen molar-refractivity contribution in [3.8, 4) is 0 Å². The Balaban J connectivity index is 2.20. The first-order valence-electron chi connectivity index (χ1n) is 3.50. The summed E-state index contributed by atoms with van der Waals surface area (Å²) >= 11 is 1.58. The summed E-state index contributed by atoms with van der Waals surface area (Å²) in [6.07, 6.45) is 3.52. The lowest BCUT2D eigenvalue weighted by Gasteiger charge is -1.99. The van der Waals surface area contributed by atoms with Gasteiger partial charge in [0.25, 0.3) is 0 Å². The van der Waals surface area contributed by atoms with Crippen LogP contribution in [0.5, 0.6) is 0 Å². The Bertz CT molecular complexity index is 351. The number of imidazole rings is 1. The van der Waals surface area contributed by atoms with Crippen LogP contribution < -0.4 is 5.73 Å². The molecule has 4 nitrogen and oxygen atoms in total. The Hall–Kier alpha value is -1.36. The van der Waals surface area contributed by atoms with E-state index in [1.165, 1.54) is 0 Å². The van der Waals surface area contributed by atoms with Crippen LogP contribution in [0, 0.1) is 0 Å². The zero-order valence-electron chi connectivity index (χ0n) is 6.34. The molecule has 0 saturated carbocycles. The molecule has 62 valence electrons. The van der Waals surface area contributed by atoms with Gasteiger partial charge in [0.1, 0.15) is 0 Å². The molecular weight excluding hydrogens is 172 g/mol. The zero-order valence-corrected chi connectivity index (χ0v) is 7.16. The average Bonchev–Trinajstić information content (AvgIpc) is 2.65. The Kier molecular flexibility index (Phi) is 1.79. The Morgan fingerprint density at radius 3 is 3.00 bits per heavy atom. The van der Waals surface area contributed by atoms with Crippen molar-refractivity contribution in [2.24, 2.45) is 0 Å². The topological polar surface area (TPSA) is 56.7 Å². The van der Waals surface area contributed by atoms with Gasteiger partial charge in [0.05, 0.1) is 17.7 Å². The van der Waals surface area contributed by atoms with Crippen molar-refractivity contribution in [2.45, 2.75) is 6.54 Å². The fraction of sp³-hybridized carbons (Fsp3) is 0.143. The number of anilines is 1. The molecule has 5 heteroatoms. The molecule has 0 aromatic carbocycles. The second-order valence-electron chi connectivity index (χ2n) is 2.39. The number of aromatic nitrogens is 3. The van der Waals surface area contributed by atoms with Crippen LogP contribution in [0.3, 0.4) is 0 Å². The van der Waals surface area contributed by atoms with Crippen LogP contribution in [-0.4, -0.2) is 14.5 Å². The first kappa shape index (κ1) is 7.30. The van der Waals surface area contributed by atoms with E-state index in [1.54, 1.807) is 17.5 Å². The molecule has 12 heavy (non-hydrogen) atoms. The van der Waals surface area contributed by atoms with Crippen LogP contribution in [0.15, 0.2) is 23.3 Å². The van der Waals surface area contributed by atoms with Gasteiger partial charge in [0.2, 0.25) is 0 Å². The summed E-state index contributed by atoms with van der Waals surface area (Å²) in [4.78, 5) is 8.06. The van der Waals surface area contributed by atoms with Gasteiger partial charge in [0.15, 0.2) is 5.95 Å². The fourth-order valence-electron chi connectivity index (χ4n) is 0.965. The zero-order chi connectivity index (χ0) is 8.39. The lowest BCUT2D eigenvalue weighted by Crippen LogP contribution is -2.03. The van der Waals surface area contributed by atoms with Crippen molar-refractivity contribution in [3.05, 3.63) is 29.0 Å². The summed E-state index contributed by atoms with van der Waals surface area (Å²) < 4.78 is 1.86. The molecule has 0 bridgehead atoms.